The first kappa shape index (κ1) is 15.1. The van der Waals surface area contributed by atoms with Gasteiger partial charge < -0.3 is 15.2 Å². The highest BCUT2D eigenvalue weighted by Gasteiger charge is 2.08. The van der Waals surface area contributed by atoms with Crippen molar-refractivity contribution >= 4 is 5.97 Å². The molecule has 4 heteroatoms. The van der Waals surface area contributed by atoms with Gasteiger partial charge in [0.1, 0.15) is 5.75 Å². The van der Waals surface area contributed by atoms with Crippen molar-refractivity contribution < 1.29 is 14.6 Å². The van der Waals surface area contributed by atoms with Crippen LogP contribution < -0.4 is 10.1 Å². The second kappa shape index (κ2) is 7.45. The number of benzene rings is 2. The molecule has 0 saturated heterocycles. The van der Waals surface area contributed by atoms with Crippen LogP contribution in [0.4, 0.5) is 0 Å². The van der Waals surface area contributed by atoms with E-state index in [4.69, 9.17) is 9.84 Å². The van der Waals surface area contributed by atoms with E-state index in [9.17, 15) is 4.79 Å². The van der Waals surface area contributed by atoms with Gasteiger partial charge in [0.15, 0.2) is 6.61 Å². The smallest absolute Gasteiger partial charge is 0.341 e. The lowest BCUT2D eigenvalue weighted by Gasteiger charge is -2.16. The van der Waals surface area contributed by atoms with Gasteiger partial charge in [0.2, 0.25) is 0 Å². The van der Waals surface area contributed by atoms with Crippen LogP contribution in [-0.4, -0.2) is 17.7 Å². The van der Waals surface area contributed by atoms with Gasteiger partial charge in [-0.1, -0.05) is 48.5 Å². The number of nitrogens with one attached hydrogen (secondary N) is 1. The lowest BCUT2D eigenvalue weighted by Crippen LogP contribution is -2.19. The third-order valence-electron chi connectivity index (χ3n) is 3.22. The molecule has 0 unspecified atom stereocenters. The molecule has 0 aliphatic carbocycles. The monoisotopic (exact) mass is 285 g/mol. The molecule has 2 N–H and O–H groups in total. The van der Waals surface area contributed by atoms with Crippen molar-refractivity contribution in [3.63, 3.8) is 0 Å². The van der Waals surface area contributed by atoms with Gasteiger partial charge in [-0.15, -0.1) is 0 Å². The molecule has 0 bridgehead atoms. The molecule has 0 fully saturated rings. The zero-order chi connectivity index (χ0) is 15.1. The highest BCUT2D eigenvalue weighted by Crippen LogP contribution is 2.19. The number of hydrogen-bond acceptors (Lipinski definition) is 3. The summed E-state index contributed by atoms with van der Waals surface area (Å²) >= 11 is 0. The van der Waals surface area contributed by atoms with Crippen molar-refractivity contribution in [1.82, 2.24) is 5.32 Å². The predicted octanol–water partition coefficient (Wildman–Crippen LogP) is 3.00. The molecule has 0 saturated carbocycles. The minimum Gasteiger partial charge on any atom is -0.482 e. The SMILES string of the molecule is C[C@@H](NCc1ccccc1OCC(=O)O)c1ccccc1. The molecule has 110 valence electrons. The van der Waals surface area contributed by atoms with E-state index in [0.717, 1.165) is 5.56 Å². The summed E-state index contributed by atoms with van der Waals surface area (Å²) < 4.78 is 5.30. The lowest BCUT2D eigenvalue weighted by atomic mass is 10.1. The average molecular weight is 285 g/mol. The Kier molecular flexibility index (Phi) is 5.35. The van der Waals surface area contributed by atoms with E-state index in [1.165, 1.54) is 5.56 Å². The van der Waals surface area contributed by atoms with Crippen molar-refractivity contribution in [3.8, 4) is 5.75 Å². The standard InChI is InChI=1S/C17H19NO3/c1-13(14-7-3-2-4-8-14)18-11-15-9-5-6-10-16(15)21-12-17(19)20/h2-10,13,18H,11-12H2,1H3,(H,19,20)/t13-/m1/s1. The summed E-state index contributed by atoms with van der Waals surface area (Å²) in [7, 11) is 0. The first-order valence-corrected chi connectivity index (χ1v) is 6.87. The molecule has 2 aromatic carbocycles. The Bertz CT molecular complexity index is 584. The minimum absolute atomic E-state index is 0.207. The summed E-state index contributed by atoms with van der Waals surface area (Å²) in [5.41, 5.74) is 2.16. The van der Waals surface area contributed by atoms with Crippen LogP contribution in [0.25, 0.3) is 0 Å². The number of carbonyl (C=O) groups is 1. The summed E-state index contributed by atoms with van der Waals surface area (Å²) in [6.07, 6.45) is 0. The summed E-state index contributed by atoms with van der Waals surface area (Å²) in [5.74, 6) is -0.372. The fourth-order valence-electron chi connectivity index (χ4n) is 2.05. The highest BCUT2D eigenvalue weighted by molar-refractivity contribution is 5.68. The zero-order valence-corrected chi connectivity index (χ0v) is 12.0. The fraction of sp³-hybridized carbons (Fsp3) is 0.235. The van der Waals surface area contributed by atoms with E-state index >= 15 is 0 Å². The second-order valence-electron chi connectivity index (χ2n) is 4.80. The number of carboxylic acid groups (broad SMARTS) is 1. The first-order valence-electron chi connectivity index (χ1n) is 6.87. The number of para-hydroxylation sites is 1. The third kappa shape index (κ3) is 4.61. The summed E-state index contributed by atoms with van der Waals surface area (Å²) in [6.45, 7) is 2.38. The molecule has 0 aliphatic rings. The zero-order valence-electron chi connectivity index (χ0n) is 12.0. The minimum atomic E-state index is -0.976. The number of rotatable bonds is 7. The van der Waals surface area contributed by atoms with E-state index in [1.54, 1.807) is 6.07 Å². The van der Waals surface area contributed by atoms with Crippen molar-refractivity contribution in [3.05, 3.63) is 65.7 Å². The Morgan fingerprint density at radius 3 is 2.52 bits per heavy atom. The third-order valence-corrected chi connectivity index (χ3v) is 3.22. The molecule has 0 spiro atoms. The van der Waals surface area contributed by atoms with Crippen LogP contribution in [0.1, 0.15) is 24.1 Å². The Labute approximate surface area is 124 Å². The number of carboxylic acids is 1. The second-order valence-corrected chi connectivity index (χ2v) is 4.80. The van der Waals surface area contributed by atoms with Gasteiger partial charge in [-0.2, -0.15) is 0 Å². The quantitative estimate of drug-likeness (QED) is 0.821. The van der Waals surface area contributed by atoms with Gasteiger partial charge in [-0.25, -0.2) is 4.79 Å². The maximum absolute atomic E-state index is 10.6. The van der Waals surface area contributed by atoms with Crippen LogP contribution in [0.5, 0.6) is 5.75 Å². The van der Waals surface area contributed by atoms with Crippen molar-refractivity contribution in [1.29, 1.82) is 0 Å². The van der Waals surface area contributed by atoms with Gasteiger partial charge in [0.25, 0.3) is 0 Å². The van der Waals surface area contributed by atoms with Crippen molar-refractivity contribution in [2.45, 2.75) is 19.5 Å². The Balaban J connectivity index is 1.98. The average Bonchev–Trinajstić information content (AvgIpc) is 2.52. The maximum Gasteiger partial charge on any atom is 0.341 e. The Morgan fingerprint density at radius 1 is 1.14 bits per heavy atom. The van der Waals surface area contributed by atoms with Crippen LogP contribution in [-0.2, 0) is 11.3 Å². The molecule has 21 heavy (non-hydrogen) atoms. The van der Waals surface area contributed by atoms with E-state index in [-0.39, 0.29) is 12.6 Å². The molecule has 0 aromatic heterocycles. The van der Waals surface area contributed by atoms with E-state index in [2.05, 4.69) is 24.4 Å². The predicted molar refractivity (Wildman–Crippen MR) is 81.3 cm³/mol. The molecule has 2 rings (SSSR count). The lowest BCUT2D eigenvalue weighted by molar-refractivity contribution is -0.139. The molecular weight excluding hydrogens is 266 g/mol. The van der Waals surface area contributed by atoms with Crippen LogP contribution in [0, 0.1) is 0 Å². The van der Waals surface area contributed by atoms with Gasteiger partial charge in [0, 0.05) is 18.2 Å². The largest absolute Gasteiger partial charge is 0.482 e. The number of hydrogen-bond donors (Lipinski definition) is 2. The molecular formula is C17H19NO3. The van der Waals surface area contributed by atoms with Crippen LogP contribution in [0.2, 0.25) is 0 Å². The number of ether oxygens (including phenoxy) is 1. The molecule has 4 nitrogen and oxygen atoms in total. The van der Waals surface area contributed by atoms with Crippen LogP contribution in [0.15, 0.2) is 54.6 Å². The Hall–Kier alpha value is -2.33. The molecule has 1 atom stereocenters. The summed E-state index contributed by atoms with van der Waals surface area (Å²) in [4.78, 5) is 10.6. The van der Waals surface area contributed by atoms with Crippen molar-refractivity contribution in [2.75, 3.05) is 6.61 Å². The fourth-order valence-corrected chi connectivity index (χ4v) is 2.05. The van der Waals surface area contributed by atoms with E-state index < -0.39 is 5.97 Å². The van der Waals surface area contributed by atoms with E-state index in [0.29, 0.717) is 12.3 Å². The van der Waals surface area contributed by atoms with Gasteiger partial charge >= 0.3 is 5.97 Å². The number of aliphatic carboxylic acids is 1. The molecule has 2 aromatic rings. The maximum atomic E-state index is 10.6. The topological polar surface area (TPSA) is 58.6 Å². The van der Waals surface area contributed by atoms with Gasteiger partial charge in [0.05, 0.1) is 0 Å². The molecule has 0 radical (unpaired) electrons. The van der Waals surface area contributed by atoms with Crippen molar-refractivity contribution in [2.24, 2.45) is 0 Å². The van der Waals surface area contributed by atoms with Gasteiger partial charge in [-0.3, -0.25) is 0 Å². The van der Waals surface area contributed by atoms with Crippen LogP contribution >= 0.6 is 0 Å². The van der Waals surface area contributed by atoms with E-state index in [1.807, 2.05) is 36.4 Å². The molecule has 0 heterocycles. The summed E-state index contributed by atoms with van der Waals surface area (Å²) in [5, 5.41) is 12.1. The Morgan fingerprint density at radius 2 is 1.81 bits per heavy atom. The van der Waals surface area contributed by atoms with Gasteiger partial charge in [-0.05, 0) is 18.6 Å². The first-order chi connectivity index (χ1) is 10.2. The van der Waals surface area contributed by atoms with Crippen LogP contribution in [0.3, 0.4) is 0 Å². The normalized spacial score (nSPS) is 11.9. The summed E-state index contributed by atoms with van der Waals surface area (Å²) in [6, 6.07) is 17.8. The highest BCUT2D eigenvalue weighted by atomic mass is 16.5. The molecule has 0 amide bonds. The molecule has 0 aliphatic heterocycles.